The van der Waals surface area contributed by atoms with E-state index in [0.717, 1.165) is 38.2 Å². The van der Waals surface area contributed by atoms with Crippen molar-refractivity contribution in [3.05, 3.63) is 59.4 Å². The second kappa shape index (κ2) is 7.73. The highest BCUT2D eigenvalue weighted by Gasteiger charge is 2.52. The average Bonchev–Trinajstić information content (AvgIpc) is 3.24. The van der Waals surface area contributed by atoms with Crippen LogP contribution in [-0.2, 0) is 12.1 Å². The largest absolute Gasteiger partial charge is 0.383 e. The Morgan fingerprint density at radius 2 is 1.79 bits per heavy atom. The minimum atomic E-state index is -0.758. The second-order valence-corrected chi connectivity index (χ2v) is 9.37. The summed E-state index contributed by atoms with van der Waals surface area (Å²) in [7, 11) is 0. The molecule has 4 heteroatoms. The van der Waals surface area contributed by atoms with Gasteiger partial charge in [0.2, 0.25) is 0 Å². The first-order valence-electron chi connectivity index (χ1n) is 11.4. The fourth-order valence-corrected chi connectivity index (χ4v) is 6.08. The van der Waals surface area contributed by atoms with E-state index in [1.165, 1.54) is 49.2 Å². The summed E-state index contributed by atoms with van der Waals surface area (Å²) in [6.07, 6.45) is 7.86. The van der Waals surface area contributed by atoms with E-state index in [1.54, 1.807) is 0 Å². The number of fused-ring (bicyclic) bond motifs is 2. The number of rotatable bonds is 4. The maximum atomic E-state index is 11.7. The number of aliphatic hydroxyl groups is 1. The number of aryl methyl sites for hydroxylation is 1. The van der Waals surface area contributed by atoms with E-state index >= 15 is 0 Å². The average molecular weight is 392 g/mol. The Kier molecular flexibility index (Phi) is 5.09. The number of hydrogen-bond donors (Lipinski definition) is 1. The Balaban J connectivity index is 1.32. The minimum Gasteiger partial charge on any atom is -0.383 e. The van der Waals surface area contributed by atoms with Crippen LogP contribution in [0.1, 0.15) is 48.9 Å². The van der Waals surface area contributed by atoms with Crippen molar-refractivity contribution in [3.63, 3.8) is 0 Å². The highest BCUT2D eigenvalue weighted by atomic mass is 16.3. The summed E-state index contributed by atoms with van der Waals surface area (Å²) in [5.74, 6) is 0.546. The Bertz CT molecular complexity index is 832. The molecule has 2 saturated heterocycles. The molecule has 0 spiro atoms. The zero-order valence-electron chi connectivity index (χ0n) is 17.6. The van der Waals surface area contributed by atoms with E-state index in [-0.39, 0.29) is 11.8 Å². The molecule has 3 aliphatic rings. The van der Waals surface area contributed by atoms with Crippen LogP contribution in [0, 0.1) is 18.8 Å². The van der Waals surface area contributed by atoms with Gasteiger partial charge in [0.05, 0.1) is 5.69 Å². The highest BCUT2D eigenvalue weighted by molar-refractivity contribution is 5.55. The van der Waals surface area contributed by atoms with Gasteiger partial charge in [0.15, 0.2) is 0 Å². The van der Waals surface area contributed by atoms with Gasteiger partial charge in [-0.05, 0) is 61.9 Å². The van der Waals surface area contributed by atoms with Crippen LogP contribution in [0.25, 0.3) is 0 Å². The molecule has 2 atom stereocenters. The highest BCUT2D eigenvalue weighted by Crippen LogP contribution is 2.48. The lowest BCUT2D eigenvalue weighted by atomic mass is 9.64. The first-order valence-corrected chi connectivity index (χ1v) is 11.4. The molecule has 5 rings (SSSR count). The third kappa shape index (κ3) is 3.47. The van der Waals surface area contributed by atoms with E-state index in [4.69, 9.17) is 0 Å². The zero-order valence-corrected chi connectivity index (χ0v) is 17.6. The Morgan fingerprint density at radius 3 is 2.45 bits per heavy atom. The summed E-state index contributed by atoms with van der Waals surface area (Å²) in [4.78, 5) is 9.64. The molecule has 1 aromatic carbocycles. The first kappa shape index (κ1) is 19.1. The van der Waals surface area contributed by atoms with Crippen molar-refractivity contribution in [2.45, 2.75) is 51.2 Å². The van der Waals surface area contributed by atoms with Gasteiger partial charge in [0.25, 0.3) is 0 Å². The second-order valence-electron chi connectivity index (χ2n) is 9.37. The van der Waals surface area contributed by atoms with E-state index in [1.807, 2.05) is 24.4 Å². The number of benzene rings is 1. The Labute approximate surface area is 174 Å². The molecule has 29 heavy (non-hydrogen) atoms. The quantitative estimate of drug-likeness (QED) is 0.851. The summed E-state index contributed by atoms with van der Waals surface area (Å²) in [5.41, 5.74) is 4.32. The standard InChI is InChI=1S/C25H33N3O/c1-19-15-20(10-11-23(19)28-13-4-5-14-28)16-27-17-21-7-6-8-22(18-27)25(21,29)24-9-2-3-12-26-24/h2-3,9-12,15,21-22,29H,4-8,13-14,16-18H2,1H3/t21-,22-/m1/s1. The SMILES string of the molecule is Cc1cc(CN2C[C@H]3CCC[C@H](C2)C3(O)c2ccccn2)ccc1N1CCCC1. The molecule has 0 unspecified atom stereocenters. The van der Waals surface area contributed by atoms with Gasteiger partial charge in [0, 0.05) is 56.4 Å². The topological polar surface area (TPSA) is 39.6 Å². The minimum absolute atomic E-state index is 0.273. The van der Waals surface area contributed by atoms with Crippen LogP contribution in [-0.4, -0.2) is 41.2 Å². The number of aromatic nitrogens is 1. The summed E-state index contributed by atoms with van der Waals surface area (Å²) < 4.78 is 0. The lowest BCUT2D eigenvalue weighted by Gasteiger charge is -2.52. The third-order valence-electron chi connectivity index (χ3n) is 7.50. The van der Waals surface area contributed by atoms with Crippen LogP contribution in [0.2, 0.25) is 0 Å². The maximum absolute atomic E-state index is 11.7. The molecule has 0 radical (unpaired) electrons. The summed E-state index contributed by atoms with van der Waals surface area (Å²) in [5, 5.41) is 11.7. The van der Waals surface area contributed by atoms with Crippen molar-refractivity contribution in [1.29, 1.82) is 0 Å². The fraction of sp³-hybridized carbons (Fsp3) is 0.560. The fourth-order valence-electron chi connectivity index (χ4n) is 6.08. The van der Waals surface area contributed by atoms with Gasteiger partial charge in [-0.25, -0.2) is 0 Å². The molecule has 2 aliphatic heterocycles. The molecular weight excluding hydrogens is 358 g/mol. The monoisotopic (exact) mass is 391 g/mol. The van der Waals surface area contributed by atoms with E-state index in [2.05, 4.69) is 39.9 Å². The lowest BCUT2D eigenvalue weighted by molar-refractivity contribution is -0.151. The van der Waals surface area contributed by atoms with Crippen LogP contribution < -0.4 is 4.90 Å². The van der Waals surface area contributed by atoms with Gasteiger partial charge in [0.1, 0.15) is 5.60 Å². The van der Waals surface area contributed by atoms with Gasteiger partial charge in [-0.15, -0.1) is 0 Å². The predicted octanol–water partition coefficient (Wildman–Crippen LogP) is 4.11. The summed E-state index contributed by atoms with van der Waals surface area (Å²) in [6, 6.07) is 13.0. The lowest BCUT2D eigenvalue weighted by Crippen LogP contribution is -2.58. The molecule has 4 nitrogen and oxygen atoms in total. The molecular formula is C25H33N3O. The first-order chi connectivity index (χ1) is 14.1. The van der Waals surface area contributed by atoms with Gasteiger partial charge in [-0.1, -0.05) is 24.6 Å². The molecule has 3 fully saturated rings. The molecule has 1 aromatic heterocycles. The van der Waals surface area contributed by atoms with Gasteiger partial charge >= 0.3 is 0 Å². The van der Waals surface area contributed by atoms with Gasteiger partial charge in [-0.3, -0.25) is 9.88 Å². The normalized spacial score (nSPS) is 29.9. The number of nitrogens with zero attached hydrogens (tertiary/aromatic N) is 3. The van der Waals surface area contributed by atoms with Crippen molar-refractivity contribution in [1.82, 2.24) is 9.88 Å². The Morgan fingerprint density at radius 1 is 1.03 bits per heavy atom. The zero-order chi connectivity index (χ0) is 19.8. The summed E-state index contributed by atoms with van der Waals surface area (Å²) in [6.45, 7) is 7.53. The number of anilines is 1. The number of piperidine rings is 1. The van der Waals surface area contributed by atoms with Crippen LogP contribution in [0.4, 0.5) is 5.69 Å². The van der Waals surface area contributed by atoms with Crippen molar-refractivity contribution in [2.75, 3.05) is 31.1 Å². The smallest absolute Gasteiger partial charge is 0.114 e. The molecule has 3 heterocycles. The van der Waals surface area contributed by atoms with Crippen molar-refractivity contribution in [2.24, 2.45) is 11.8 Å². The van der Waals surface area contributed by atoms with Crippen LogP contribution in [0.15, 0.2) is 42.6 Å². The molecule has 2 aromatic rings. The molecule has 0 amide bonds. The van der Waals surface area contributed by atoms with E-state index in [9.17, 15) is 5.11 Å². The van der Waals surface area contributed by atoms with Crippen molar-refractivity contribution in [3.8, 4) is 0 Å². The van der Waals surface area contributed by atoms with Crippen molar-refractivity contribution >= 4 is 5.69 Å². The molecule has 1 aliphatic carbocycles. The van der Waals surface area contributed by atoms with Crippen molar-refractivity contribution < 1.29 is 5.11 Å². The number of pyridine rings is 1. The number of hydrogen-bond acceptors (Lipinski definition) is 4. The van der Waals surface area contributed by atoms with Crippen LogP contribution >= 0.6 is 0 Å². The van der Waals surface area contributed by atoms with Crippen LogP contribution in [0.5, 0.6) is 0 Å². The molecule has 1 N–H and O–H groups in total. The van der Waals surface area contributed by atoms with Crippen LogP contribution in [0.3, 0.4) is 0 Å². The molecule has 154 valence electrons. The third-order valence-corrected chi connectivity index (χ3v) is 7.50. The van der Waals surface area contributed by atoms with Gasteiger partial charge in [-0.2, -0.15) is 0 Å². The molecule has 1 saturated carbocycles. The Hall–Kier alpha value is -1.91. The predicted molar refractivity (Wildman–Crippen MR) is 117 cm³/mol. The molecule has 2 bridgehead atoms. The summed E-state index contributed by atoms with van der Waals surface area (Å²) >= 11 is 0. The van der Waals surface area contributed by atoms with E-state index in [0.29, 0.717) is 0 Å². The number of likely N-dealkylation sites (tertiary alicyclic amines) is 1. The maximum Gasteiger partial charge on any atom is 0.114 e. The van der Waals surface area contributed by atoms with Gasteiger partial charge < -0.3 is 10.0 Å². The van der Waals surface area contributed by atoms with E-state index < -0.39 is 5.60 Å².